The van der Waals surface area contributed by atoms with Gasteiger partial charge in [-0.2, -0.15) is 0 Å². The summed E-state index contributed by atoms with van der Waals surface area (Å²) in [6.07, 6.45) is 1.62. The van der Waals surface area contributed by atoms with Crippen molar-refractivity contribution >= 4 is 49.2 Å². The molecule has 3 nitrogen and oxygen atoms in total. The van der Waals surface area contributed by atoms with Gasteiger partial charge in [-0.1, -0.05) is 6.42 Å². The molecule has 2 rings (SSSR count). The minimum atomic E-state index is -0.794. The van der Waals surface area contributed by atoms with Gasteiger partial charge in [0.1, 0.15) is 0 Å². The molecule has 17 heavy (non-hydrogen) atoms. The van der Waals surface area contributed by atoms with E-state index in [0.717, 1.165) is 26.0 Å². The van der Waals surface area contributed by atoms with Crippen LogP contribution in [0.3, 0.4) is 0 Å². The van der Waals surface area contributed by atoms with Gasteiger partial charge in [0, 0.05) is 11.5 Å². The Morgan fingerprint density at radius 1 is 1.47 bits per heavy atom. The molecule has 6 heteroatoms. The van der Waals surface area contributed by atoms with Crippen molar-refractivity contribution in [3.63, 3.8) is 0 Å². The molecule has 2 N–H and O–H groups in total. The predicted molar refractivity (Wildman–Crippen MR) is 73.1 cm³/mol. The molecule has 3 atom stereocenters. The summed E-state index contributed by atoms with van der Waals surface area (Å²) >= 11 is 8.26. The molecule has 0 amide bonds. The monoisotopic (exact) mass is 382 g/mol. The van der Waals surface area contributed by atoms with Gasteiger partial charge in [0.05, 0.1) is 19.6 Å². The van der Waals surface area contributed by atoms with Crippen molar-refractivity contribution in [1.29, 1.82) is 0 Å². The standard InChI is InChI=1S/C11H12Br2O3S/c12-8-4-7(10(13)17-8)9(14)5-2-1-3-6(5)11(15)16/h4-6,9,14H,1-3H2,(H,15,16). The summed E-state index contributed by atoms with van der Waals surface area (Å²) in [5.74, 6) is -1.39. The van der Waals surface area contributed by atoms with E-state index in [1.165, 1.54) is 11.3 Å². The van der Waals surface area contributed by atoms with Gasteiger partial charge in [-0.3, -0.25) is 4.79 Å². The van der Waals surface area contributed by atoms with Crippen molar-refractivity contribution in [2.24, 2.45) is 11.8 Å². The highest BCUT2D eigenvalue weighted by molar-refractivity contribution is 9.12. The van der Waals surface area contributed by atoms with Gasteiger partial charge in [0.15, 0.2) is 0 Å². The second-order valence-electron chi connectivity index (χ2n) is 4.26. The summed E-state index contributed by atoms with van der Waals surface area (Å²) in [5.41, 5.74) is 0.792. The maximum absolute atomic E-state index is 11.1. The molecule has 0 bridgehead atoms. The molecule has 1 aromatic rings. The maximum atomic E-state index is 11.1. The third kappa shape index (κ3) is 2.75. The van der Waals surface area contributed by atoms with Crippen molar-refractivity contribution in [2.75, 3.05) is 0 Å². The van der Waals surface area contributed by atoms with Crippen molar-refractivity contribution in [3.05, 3.63) is 19.2 Å². The zero-order valence-electron chi connectivity index (χ0n) is 8.90. The van der Waals surface area contributed by atoms with Gasteiger partial charge in [-0.25, -0.2) is 0 Å². The van der Waals surface area contributed by atoms with Crippen LogP contribution in [0.5, 0.6) is 0 Å². The molecule has 3 unspecified atom stereocenters. The number of aliphatic carboxylic acids is 1. The molecular formula is C11H12Br2O3S. The molecule has 1 aromatic heterocycles. The Morgan fingerprint density at radius 2 is 2.18 bits per heavy atom. The van der Waals surface area contributed by atoms with Crippen LogP contribution in [0.15, 0.2) is 13.6 Å². The summed E-state index contributed by atoms with van der Waals surface area (Å²) < 4.78 is 1.80. The number of halogens is 2. The minimum absolute atomic E-state index is 0.176. The highest BCUT2D eigenvalue weighted by atomic mass is 79.9. The van der Waals surface area contributed by atoms with E-state index in [2.05, 4.69) is 31.9 Å². The molecule has 94 valence electrons. The van der Waals surface area contributed by atoms with Crippen LogP contribution in [0, 0.1) is 11.8 Å². The van der Waals surface area contributed by atoms with Gasteiger partial charge < -0.3 is 10.2 Å². The fraction of sp³-hybridized carbons (Fsp3) is 0.545. The first-order valence-electron chi connectivity index (χ1n) is 5.36. The van der Waals surface area contributed by atoms with Crippen molar-refractivity contribution in [1.82, 2.24) is 0 Å². The lowest BCUT2D eigenvalue weighted by atomic mass is 9.88. The molecule has 1 aliphatic carbocycles. The van der Waals surface area contributed by atoms with Crippen LogP contribution < -0.4 is 0 Å². The number of hydrogen-bond acceptors (Lipinski definition) is 3. The van der Waals surface area contributed by atoms with Crippen LogP contribution in [-0.4, -0.2) is 16.2 Å². The van der Waals surface area contributed by atoms with Crippen LogP contribution in [0.25, 0.3) is 0 Å². The molecular weight excluding hydrogens is 372 g/mol. The summed E-state index contributed by atoms with van der Waals surface area (Å²) in [7, 11) is 0. The Hall–Kier alpha value is 0.0900. The lowest BCUT2D eigenvalue weighted by molar-refractivity contribution is -0.144. The molecule has 1 heterocycles. The van der Waals surface area contributed by atoms with Gasteiger partial charge in [-0.15, -0.1) is 11.3 Å². The first-order valence-corrected chi connectivity index (χ1v) is 7.76. The quantitative estimate of drug-likeness (QED) is 0.834. The Morgan fingerprint density at radius 3 is 2.71 bits per heavy atom. The largest absolute Gasteiger partial charge is 0.481 e. The second kappa shape index (κ2) is 5.38. The predicted octanol–water partition coefficient (Wildman–Crippen LogP) is 3.81. The smallest absolute Gasteiger partial charge is 0.306 e. The number of carbonyl (C=O) groups is 1. The van der Waals surface area contributed by atoms with Gasteiger partial charge in [0.25, 0.3) is 0 Å². The van der Waals surface area contributed by atoms with Gasteiger partial charge in [0.2, 0.25) is 0 Å². The number of hydrogen-bond donors (Lipinski definition) is 2. The van der Waals surface area contributed by atoms with Crippen LogP contribution in [0.1, 0.15) is 30.9 Å². The molecule has 1 fully saturated rings. The average molecular weight is 384 g/mol. The van der Waals surface area contributed by atoms with E-state index in [4.69, 9.17) is 5.11 Å². The van der Waals surface area contributed by atoms with Gasteiger partial charge >= 0.3 is 5.97 Å². The van der Waals surface area contributed by atoms with Crippen molar-refractivity contribution in [3.8, 4) is 0 Å². The number of carboxylic acid groups (broad SMARTS) is 1. The third-order valence-corrected chi connectivity index (χ3v) is 5.68. The first-order chi connectivity index (χ1) is 8.00. The van der Waals surface area contributed by atoms with Crippen molar-refractivity contribution in [2.45, 2.75) is 25.4 Å². The normalized spacial score (nSPS) is 26.1. The number of thiophene rings is 1. The third-order valence-electron chi connectivity index (χ3n) is 3.29. The summed E-state index contributed by atoms with van der Waals surface area (Å²) in [6, 6.07) is 1.86. The Kier molecular flexibility index (Phi) is 4.28. The van der Waals surface area contributed by atoms with E-state index in [9.17, 15) is 9.90 Å². The molecule has 1 aliphatic rings. The molecule has 0 aromatic carbocycles. The number of aliphatic hydroxyl groups excluding tert-OH is 1. The summed E-state index contributed by atoms with van der Waals surface area (Å²) in [5, 5.41) is 19.5. The lowest BCUT2D eigenvalue weighted by Crippen LogP contribution is -2.23. The number of rotatable bonds is 3. The highest BCUT2D eigenvalue weighted by Gasteiger charge is 2.38. The van der Waals surface area contributed by atoms with E-state index in [1.807, 2.05) is 6.07 Å². The molecule has 0 spiro atoms. The Balaban J connectivity index is 2.22. The zero-order chi connectivity index (χ0) is 12.6. The molecule has 0 aliphatic heterocycles. The van der Waals surface area contributed by atoms with Crippen LogP contribution in [0.4, 0.5) is 0 Å². The lowest BCUT2D eigenvalue weighted by Gasteiger charge is -2.21. The maximum Gasteiger partial charge on any atom is 0.306 e. The SMILES string of the molecule is O=C(O)C1CCCC1C(O)c1cc(Br)sc1Br. The molecule has 0 radical (unpaired) electrons. The fourth-order valence-electron chi connectivity index (χ4n) is 2.46. The van der Waals surface area contributed by atoms with E-state index in [-0.39, 0.29) is 5.92 Å². The number of aliphatic hydroxyl groups is 1. The van der Waals surface area contributed by atoms with E-state index in [0.29, 0.717) is 6.42 Å². The van der Waals surface area contributed by atoms with E-state index >= 15 is 0 Å². The second-order valence-corrected chi connectivity index (χ2v) is 8.01. The van der Waals surface area contributed by atoms with Crippen molar-refractivity contribution < 1.29 is 15.0 Å². The minimum Gasteiger partial charge on any atom is -0.481 e. The topological polar surface area (TPSA) is 57.5 Å². The van der Waals surface area contributed by atoms with Crippen LogP contribution in [-0.2, 0) is 4.79 Å². The first kappa shape index (κ1) is 13.5. The van der Waals surface area contributed by atoms with Gasteiger partial charge in [-0.05, 0) is 50.8 Å². The summed E-state index contributed by atoms with van der Waals surface area (Å²) in [4.78, 5) is 11.1. The molecule has 0 saturated heterocycles. The highest BCUT2D eigenvalue weighted by Crippen LogP contribution is 2.45. The van der Waals surface area contributed by atoms with E-state index < -0.39 is 18.0 Å². The Bertz CT molecular complexity index is 432. The molecule has 1 saturated carbocycles. The zero-order valence-corrected chi connectivity index (χ0v) is 12.9. The van der Waals surface area contributed by atoms with Crippen LogP contribution >= 0.6 is 43.2 Å². The average Bonchev–Trinajstić information content (AvgIpc) is 2.83. The Labute approximate surface area is 120 Å². The summed E-state index contributed by atoms with van der Waals surface area (Å²) in [6.45, 7) is 0. The fourth-order valence-corrected chi connectivity index (χ4v) is 5.37. The van der Waals surface area contributed by atoms with E-state index in [1.54, 1.807) is 0 Å². The number of carboxylic acids is 1. The van der Waals surface area contributed by atoms with Crippen LogP contribution in [0.2, 0.25) is 0 Å².